The number of hydrogen-bond acceptors (Lipinski definition) is 3. The highest BCUT2D eigenvalue weighted by Gasteiger charge is 2.08. The van der Waals surface area contributed by atoms with E-state index in [-0.39, 0.29) is 0 Å². The predicted octanol–water partition coefficient (Wildman–Crippen LogP) is 2.05. The number of hydrogen-bond donors (Lipinski definition) is 1. The second-order valence-corrected chi connectivity index (χ2v) is 3.98. The van der Waals surface area contributed by atoms with Crippen LogP contribution in [0.1, 0.15) is 24.3 Å². The quantitative estimate of drug-likeness (QED) is 0.877. The molecule has 1 aromatic heterocycles. The molecule has 17 heavy (non-hydrogen) atoms. The highest BCUT2D eigenvalue weighted by molar-refractivity contribution is 5.34. The van der Waals surface area contributed by atoms with E-state index in [9.17, 15) is 5.11 Å². The molecule has 0 bridgehead atoms. The molecule has 0 aliphatic heterocycles. The summed E-state index contributed by atoms with van der Waals surface area (Å²) in [5, 5.41) is 13.8. The molecule has 0 aliphatic rings. The van der Waals surface area contributed by atoms with E-state index < -0.39 is 6.10 Å². The highest BCUT2D eigenvalue weighted by Crippen LogP contribution is 2.25. The minimum absolute atomic E-state index is 0.407. The fourth-order valence-corrected chi connectivity index (χ4v) is 1.65. The van der Waals surface area contributed by atoms with Crippen LogP contribution in [-0.2, 0) is 13.7 Å². The van der Waals surface area contributed by atoms with Crippen LogP contribution in [0.15, 0.2) is 36.5 Å². The number of rotatable bonds is 4. The van der Waals surface area contributed by atoms with Crippen LogP contribution in [-0.4, -0.2) is 14.9 Å². The van der Waals surface area contributed by atoms with Crippen LogP contribution < -0.4 is 4.74 Å². The molecule has 0 amide bonds. The number of aliphatic hydroxyl groups is 1. The minimum Gasteiger partial charge on any atom is -0.487 e. The van der Waals surface area contributed by atoms with E-state index in [1.807, 2.05) is 43.6 Å². The lowest BCUT2D eigenvalue weighted by Crippen LogP contribution is -2.01. The first kappa shape index (κ1) is 11.7. The molecule has 1 N–H and O–H groups in total. The summed E-state index contributed by atoms with van der Waals surface area (Å²) in [6.45, 7) is 2.13. The molecule has 2 aromatic rings. The van der Waals surface area contributed by atoms with Gasteiger partial charge in [-0.3, -0.25) is 4.68 Å². The molecule has 4 nitrogen and oxygen atoms in total. The molecule has 0 spiro atoms. The van der Waals surface area contributed by atoms with Crippen molar-refractivity contribution in [3.8, 4) is 5.75 Å². The zero-order valence-electron chi connectivity index (χ0n) is 10.00. The van der Waals surface area contributed by atoms with Crippen LogP contribution in [0.3, 0.4) is 0 Å². The number of para-hydroxylation sites is 1. The molecule has 90 valence electrons. The van der Waals surface area contributed by atoms with Gasteiger partial charge in [0.2, 0.25) is 0 Å². The molecule has 1 aromatic carbocycles. The number of aliphatic hydroxyl groups excluding tert-OH is 1. The second-order valence-electron chi connectivity index (χ2n) is 3.98. The number of nitrogens with zero attached hydrogens (tertiary/aromatic N) is 2. The van der Waals surface area contributed by atoms with Crippen molar-refractivity contribution in [3.05, 3.63) is 47.8 Å². The van der Waals surface area contributed by atoms with E-state index in [0.29, 0.717) is 12.4 Å². The SMILES string of the molecule is C[C@@H](O)c1ccccc1OCc1ccn(C)n1. The van der Waals surface area contributed by atoms with Crippen molar-refractivity contribution < 1.29 is 9.84 Å². The Morgan fingerprint density at radius 3 is 2.76 bits per heavy atom. The first-order valence-corrected chi connectivity index (χ1v) is 5.55. The van der Waals surface area contributed by atoms with Crippen molar-refractivity contribution in [1.29, 1.82) is 0 Å². The normalized spacial score (nSPS) is 12.4. The number of aromatic nitrogens is 2. The molecule has 0 fully saturated rings. The van der Waals surface area contributed by atoms with Crippen LogP contribution in [0.5, 0.6) is 5.75 Å². The Morgan fingerprint density at radius 2 is 2.12 bits per heavy atom. The van der Waals surface area contributed by atoms with Crippen molar-refractivity contribution in [1.82, 2.24) is 9.78 Å². The number of ether oxygens (including phenoxy) is 1. The predicted molar refractivity (Wildman–Crippen MR) is 64.6 cm³/mol. The third-order valence-corrected chi connectivity index (χ3v) is 2.51. The van der Waals surface area contributed by atoms with Gasteiger partial charge in [0.1, 0.15) is 12.4 Å². The summed E-state index contributed by atoms with van der Waals surface area (Å²) in [5.74, 6) is 0.702. The van der Waals surface area contributed by atoms with Crippen LogP contribution in [0.25, 0.3) is 0 Å². The molecule has 0 aliphatic carbocycles. The summed E-state index contributed by atoms with van der Waals surface area (Å²) in [5.41, 5.74) is 1.66. The fourth-order valence-electron chi connectivity index (χ4n) is 1.65. The van der Waals surface area contributed by atoms with E-state index in [1.165, 1.54) is 0 Å². The van der Waals surface area contributed by atoms with Gasteiger partial charge in [-0.2, -0.15) is 5.10 Å². The zero-order chi connectivity index (χ0) is 12.3. The Morgan fingerprint density at radius 1 is 1.35 bits per heavy atom. The van der Waals surface area contributed by atoms with Gasteiger partial charge in [-0.25, -0.2) is 0 Å². The van der Waals surface area contributed by atoms with Crippen LogP contribution in [0, 0.1) is 0 Å². The van der Waals surface area contributed by atoms with Gasteiger partial charge in [-0.15, -0.1) is 0 Å². The lowest BCUT2D eigenvalue weighted by Gasteiger charge is -2.12. The fraction of sp³-hybridized carbons (Fsp3) is 0.308. The Bertz CT molecular complexity index is 492. The molecule has 0 saturated heterocycles. The van der Waals surface area contributed by atoms with Gasteiger partial charge in [-0.05, 0) is 19.1 Å². The van der Waals surface area contributed by atoms with Crippen molar-refractivity contribution in [3.63, 3.8) is 0 Å². The maximum Gasteiger partial charge on any atom is 0.132 e. The summed E-state index contributed by atoms with van der Waals surface area (Å²) in [7, 11) is 1.87. The van der Waals surface area contributed by atoms with Crippen molar-refractivity contribution >= 4 is 0 Å². The number of benzene rings is 1. The molecule has 0 radical (unpaired) electrons. The third kappa shape index (κ3) is 2.85. The van der Waals surface area contributed by atoms with Crippen molar-refractivity contribution in [2.24, 2.45) is 7.05 Å². The first-order chi connectivity index (χ1) is 8.16. The number of aryl methyl sites for hydroxylation is 1. The van der Waals surface area contributed by atoms with E-state index in [4.69, 9.17) is 4.74 Å². The summed E-state index contributed by atoms with van der Waals surface area (Å²) in [6, 6.07) is 9.39. The lowest BCUT2D eigenvalue weighted by atomic mass is 10.1. The highest BCUT2D eigenvalue weighted by atomic mass is 16.5. The summed E-state index contributed by atoms with van der Waals surface area (Å²) < 4.78 is 7.40. The molecule has 2 rings (SSSR count). The first-order valence-electron chi connectivity index (χ1n) is 5.55. The molecular weight excluding hydrogens is 216 g/mol. The topological polar surface area (TPSA) is 47.3 Å². The standard InChI is InChI=1S/C13H16N2O2/c1-10(16)12-5-3-4-6-13(12)17-9-11-7-8-15(2)14-11/h3-8,10,16H,9H2,1-2H3/t10-/m1/s1. The molecule has 0 unspecified atom stereocenters. The van der Waals surface area contributed by atoms with Gasteiger partial charge in [0.15, 0.2) is 0 Å². The molecule has 4 heteroatoms. The van der Waals surface area contributed by atoms with Gasteiger partial charge in [0, 0.05) is 18.8 Å². The Balaban J connectivity index is 2.08. The minimum atomic E-state index is -0.532. The maximum absolute atomic E-state index is 9.61. The summed E-state index contributed by atoms with van der Waals surface area (Å²) in [6.07, 6.45) is 1.34. The second kappa shape index (κ2) is 5.01. The van der Waals surface area contributed by atoms with Crippen LogP contribution in [0.4, 0.5) is 0 Å². The van der Waals surface area contributed by atoms with E-state index in [2.05, 4.69) is 5.10 Å². The van der Waals surface area contributed by atoms with E-state index in [1.54, 1.807) is 11.6 Å². The molecule has 1 heterocycles. The molecular formula is C13H16N2O2. The van der Waals surface area contributed by atoms with Crippen LogP contribution in [0.2, 0.25) is 0 Å². The largest absolute Gasteiger partial charge is 0.487 e. The van der Waals surface area contributed by atoms with Gasteiger partial charge in [-0.1, -0.05) is 18.2 Å². The summed E-state index contributed by atoms with van der Waals surface area (Å²) >= 11 is 0. The van der Waals surface area contributed by atoms with Crippen molar-refractivity contribution in [2.75, 3.05) is 0 Å². The monoisotopic (exact) mass is 232 g/mol. The van der Waals surface area contributed by atoms with Crippen LogP contribution >= 0.6 is 0 Å². The third-order valence-electron chi connectivity index (χ3n) is 2.51. The average molecular weight is 232 g/mol. The Hall–Kier alpha value is -1.81. The Kier molecular flexibility index (Phi) is 3.44. The van der Waals surface area contributed by atoms with Gasteiger partial charge in [0.25, 0.3) is 0 Å². The molecule has 0 saturated carbocycles. The molecule has 1 atom stereocenters. The lowest BCUT2D eigenvalue weighted by molar-refractivity contribution is 0.189. The van der Waals surface area contributed by atoms with Gasteiger partial charge < -0.3 is 9.84 Å². The average Bonchev–Trinajstić information content (AvgIpc) is 2.73. The maximum atomic E-state index is 9.61. The van der Waals surface area contributed by atoms with Crippen molar-refractivity contribution in [2.45, 2.75) is 19.6 Å². The van der Waals surface area contributed by atoms with E-state index >= 15 is 0 Å². The van der Waals surface area contributed by atoms with Gasteiger partial charge >= 0.3 is 0 Å². The Labute approximate surface area is 100 Å². The summed E-state index contributed by atoms with van der Waals surface area (Å²) in [4.78, 5) is 0. The van der Waals surface area contributed by atoms with E-state index in [0.717, 1.165) is 11.3 Å². The van der Waals surface area contributed by atoms with Gasteiger partial charge in [0.05, 0.1) is 11.8 Å². The smallest absolute Gasteiger partial charge is 0.132 e. The zero-order valence-corrected chi connectivity index (χ0v) is 10.00.